The van der Waals surface area contributed by atoms with Crippen molar-refractivity contribution in [3.05, 3.63) is 53.6 Å². The van der Waals surface area contributed by atoms with Crippen LogP contribution < -0.4 is 25.0 Å². The Morgan fingerprint density at radius 1 is 1.06 bits per heavy atom. The average Bonchev–Trinajstić information content (AvgIpc) is 3.62. The largest absolute Gasteiger partial charge is 0.497 e. The molecule has 32 heavy (non-hydrogen) atoms. The lowest BCUT2D eigenvalue weighted by Crippen LogP contribution is -2.50. The molecule has 6 nitrogen and oxygen atoms in total. The molecule has 4 rings (SSSR count). The van der Waals surface area contributed by atoms with Crippen LogP contribution in [-0.2, 0) is 5.41 Å². The van der Waals surface area contributed by atoms with Crippen molar-refractivity contribution in [2.24, 2.45) is 4.99 Å². The van der Waals surface area contributed by atoms with Crippen molar-refractivity contribution in [2.45, 2.75) is 44.1 Å². The van der Waals surface area contributed by atoms with E-state index in [0.29, 0.717) is 6.04 Å². The number of methoxy groups -OCH3 is 2. The van der Waals surface area contributed by atoms with Gasteiger partial charge in [-0.25, -0.2) is 0 Å². The highest BCUT2D eigenvalue weighted by molar-refractivity contribution is 5.80. The maximum absolute atomic E-state index is 5.43. The number of rotatable bonds is 7. The minimum Gasteiger partial charge on any atom is -0.497 e. The van der Waals surface area contributed by atoms with E-state index in [-0.39, 0.29) is 5.41 Å². The van der Waals surface area contributed by atoms with E-state index in [2.05, 4.69) is 63.8 Å². The molecule has 0 aromatic heterocycles. The highest BCUT2D eigenvalue weighted by Crippen LogP contribution is 2.48. The van der Waals surface area contributed by atoms with E-state index in [9.17, 15) is 0 Å². The highest BCUT2D eigenvalue weighted by atomic mass is 16.5. The fraction of sp³-hybridized carbons (Fsp3) is 0.500. The molecule has 6 heteroatoms. The van der Waals surface area contributed by atoms with Crippen LogP contribution in [0.5, 0.6) is 11.5 Å². The van der Waals surface area contributed by atoms with Gasteiger partial charge < -0.3 is 25.0 Å². The smallest absolute Gasteiger partial charge is 0.191 e. The minimum atomic E-state index is 0.262. The summed E-state index contributed by atoms with van der Waals surface area (Å²) in [7, 11) is 5.25. The maximum Gasteiger partial charge on any atom is 0.191 e. The van der Waals surface area contributed by atoms with Gasteiger partial charge in [-0.15, -0.1) is 0 Å². The number of hydrogen-bond acceptors (Lipinski definition) is 4. The van der Waals surface area contributed by atoms with Gasteiger partial charge in [0.05, 0.1) is 14.2 Å². The molecule has 2 aromatic carbocycles. The Kier molecular flexibility index (Phi) is 6.77. The summed E-state index contributed by atoms with van der Waals surface area (Å²) in [5.41, 5.74) is 4.27. The lowest BCUT2D eigenvalue weighted by atomic mass is 9.92. The van der Waals surface area contributed by atoms with Crippen molar-refractivity contribution >= 4 is 11.6 Å². The predicted molar refractivity (Wildman–Crippen MR) is 131 cm³/mol. The van der Waals surface area contributed by atoms with Crippen molar-refractivity contribution in [2.75, 3.05) is 45.8 Å². The van der Waals surface area contributed by atoms with E-state index in [1.54, 1.807) is 14.2 Å². The number of hydrogen-bond donors (Lipinski definition) is 2. The second-order valence-electron chi connectivity index (χ2n) is 9.00. The van der Waals surface area contributed by atoms with E-state index in [1.807, 2.05) is 13.1 Å². The van der Waals surface area contributed by atoms with E-state index < -0.39 is 0 Å². The molecule has 172 valence electrons. The monoisotopic (exact) mass is 436 g/mol. The first-order chi connectivity index (χ1) is 15.6. The van der Waals surface area contributed by atoms with Crippen molar-refractivity contribution in [3.63, 3.8) is 0 Å². The van der Waals surface area contributed by atoms with Gasteiger partial charge in [-0.2, -0.15) is 0 Å². The number of anilines is 1. The van der Waals surface area contributed by atoms with Gasteiger partial charge in [-0.1, -0.05) is 24.3 Å². The van der Waals surface area contributed by atoms with Crippen LogP contribution in [0.15, 0.2) is 47.5 Å². The number of benzene rings is 2. The van der Waals surface area contributed by atoms with Crippen molar-refractivity contribution in [1.82, 2.24) is 10.6 Å². The summed E-state index contributed by atoms with van der Waals surface area (Å²) < 4.78 is 10.9. The summed E-state index contributed by atoms with van der Waals surface area (Å²) in [6.45, 7) is 5.12. The molecule has 1 saturated carbocycles. The molecule has 0 atom stereocenters. The molecule has 1 heterocycles. The first-order valence-corrected chi connectivity index (χ1v) is 11.6. The summed E-state index contributed by atoms with van der Waals surface area (Å²) in [5.74, 6) is 2.56. The van der Waals surface area contributed by atoms with Gasteiger partial charge in [0.25, 0.3) is 0 Å². The van der Waals surface area contributed by atoms with Crippen LogP contribution in [0.2, 0.25) is 0 Å². The van der Waals surface area contributed by atoms with Crippen molar-refractivity contribution in [3.8, 4) is 11.5 Å². The minimum absolute atomic E-state index is 0.262. The van der Waals surface area contributed by atoms with Gasteiger partial charge in [0.15, 0.2) is 5.96 Å². The Morgan fingerprint density at radius 2 is 1.72 bits per heavy atom. The normalized spacial score (nSPS) is 18.2. The Morgan fingerprint density at radius 3 is 2.28 bits per heavy atom. The molecule has 1 aliphatic heterocycles. The van der Waals surface area contributed by atoms with Crippen LogP contribution in [-0.4, -0.2) is 52.9 Å². The second-order valence-corrected chi connectivity index (χ2v) is 9.00. The topological polar surface area (TPSA) is 58.1 Å². The zero-order valence-corrected chi connectivity index (χ0v) is 19.8. The number of guanidine groups is 1. The summed E-state index contributed by atoms with van der Waals surface area (Å²) in [5, 5.41) is 7.26. The molecule has 0 bridgehead atoms. The second kappa shape index (κ2) is 9.72. The Bertz CT molecular complexity index is 924. The molecular weight excluding hydrogens is 400 g/mol. The standard InChI is InChI=1S/C26H36N4O2/c1-19-7-5-6-8-24(19)26(11-12-26)18-28-25(27-2)29-20-9-13-30(14-10-20)21-15-22(31-3)17-23(16-21)32-4/h5-8,15-17,20H,9-14,18H2,1-4H3,(H2,27,28,29). The molecule has 2 aromatic rings. The molecule has 1 aliphatic carbocycles. The fourth-order valence-electron chi connectivity index (χ4n) is 4.76. The summed E-state index contributed by atoms with van der Waals surface area (Å²) in [6, 6.07) is 15.3. The zero-order chi connectivity index (χ0) is 22.6. The first kappa shape index (κ1) is 22.3. The third-order valence-corrected chi connectivity index (χ3v) is 6.92. The van der Waals surface area contributed by atoms with Crippen LogP contribution in [0.4, 0.5) is 5.69 Å². The van der Waals surface area contributed by atoms with Crippen LogP contribution in [0.25, 0.3) is 0 Å². The van der Waals surface area contributed by atoms with E-state index >= 15 is 0 Å². The maximum atomic E-state index is 5.43. The van der Waals surface area contributed by atoms with Gasteiger partial charge in [-0.3, -0.25) is 4.99 Å². The Labute approximate surface area is 192 Å². The molecule has 0 radical (unpaired) electrons. The molecular formula is C26H36N4O2. The number of nitrogens with one attached hydrogen (secondary N) is 2. The molecule has 2 fully saturated rings. The number of aliphatic imine (C=N–C) groups is 1. The third kappa shape index (κ3) is 4.95. The third-order valence-electron chi connectivity index (χ3n) is 6.92. The summed E-state index contributed by atoms with van der Waals surface area (Å²) in [6.07, 6.45) is 4.60. The van der Waals surface area contributed by atoms with Gasteiger partial charge in [0.1, 0.15) is 11.5 Å². The number of ether oxygens (including phenoxy) is 2. The number of piperidine rings is 1. The Hall–Kier alpha value is -2.89. The van der Waals surface area contributed by atoms with E-state index in [4.69, 9.17) is 9.47 Å². The first-order valence-electron chi connectivity index (χ1n) is 11.6. The average molecular weight is 437 g/mol. The van der Waals surface area contributed by atoms with E-state index in [1.165, 1.54) is 24.0 Å². The fourth-order valence-corrected chi connectivity index (χ4v) is 4.76. The summed E-state index contributed by atoms with van der Waals surface area (Å²) >= 11 is 0. The number of nitrogens with zero attached hydrogens (tertiary/aromatic N) is 2. The molecule has 2 N–H and O–H groups in total. The zero-order valence-electron chi connectivity index (χ0n) is 19.8. The van der Waals surface area contributed by atoms with Crippen LogP contribution >= 0.6 is 0 Å². The van der Waals surface area contributed by atoms with Crippen LogP contribution in [0.1, 0.15) is 36.8 Å². The van der Waals surface area contributed by atoms with Crippen LogP contribution in [0, 0.1) is 6.92 Å². The number of aryl methyl sites for hydroxylation is 1. The van der Waals surface area contributed by atoms with Crippen molar-refractivity contribution < 1.29 is 9.47 Å². The van der Waals surface area contributed by atoms with Crippen molar-refractivity contribution in [1.29, 1.82) is 0 Å². The quantitative estimate of drug-likeness (QED) is 0.510. The molecule has 0 spiro atoms. The predicted octanol–water partition coefficient (Wildman–Crippen LogP) is 3.88. The Balaban J connectivity index is 1.30. The highest BCUT2D eigenvalue weighted by Gasteiger charge is 2.45. The SMILES string of the molecule is CN=C(NCC1(c2ccccc2C)CC1)NC1CCN(c2cc(OC)cc(OC)c2)CC1. The van der Waals surface area contributed by atoms with Gasteiger partial charge in [0.2, 0.25) is 0 Å². The lowest BCUT2D eigenvalue weighted by molar-refractivity contribution is 0.393. The molecule has 1 saturated heterocycles. The van der Waals surface area contributed by atoms with Gasteiger partial charge in [-0.05, 0) is 43.7 Å². The summed E-state index contributed by atoms with van der Waals surface area (Å²) in [4.78, 5) is 6.90. The lowest BCUT2D eigenvalue weighted by Gasteiger charge is -2.35. The van der Waals surface area contributed by atoms with E-state index in [0.717, 1.165) is 55.6 Å². The van der Waals surface area contributed by atoms with Gasteiger partial charge >= 0.3 is 0 Å². The molecule has 0 unspecified atom stereocenters. The molecule has 2 aliphatic rings. The van der Waals surface area contributed by atoms with Crippen LogP contribution in [0.3, 0.4) is 0 Å². The molecule has 0 amide bonds. The van der Waals surface area contributed by atoms with Gasteiger partial charge in [0, 0.05) is 62.0 Å².